The molecule has 0 saturated heterocycles. The fourth-order valence-corrected chi connectivity index (χ4v) is 2.94. The zero-order valence-electron chi connectivity index (χ0n) is 16.8. The first-order valence-electron chi connectivity index (χ1n) is 8.69. The lowest BCUT2D eigenvalue weighted by molar-refractivity contribution is -0.160. The first-order chi connectivity index (χ1) is 11.8. The van der Waals surface area contributed by atoms with Crippen LogP contribution in [0.2, 0.25) is 0 Å². The summed E-state index contributed by atoms with van der Waals surface area (Å²) in [7, 11) is 1.47. The zero-order chi connectivity index (χ0) is 20.2. The summed E-state index contributed by atoms with van der Waals surface area (Å²) >= 11 is 0. The van der Waals surface area contributed by atoms with Gasteiger partial charge in [-0.05, 0) is 38.3 Å². The maximum Gasteiger partial charge on any atom is 0.411 e. The molecule has 1 rings (SSSR count). The van der Waals surface area contributed by atoms with Gasteiger partial charge in [-0.15, -0.1) is 0 Å². The predicted molar refractivity (Wildman–Crippen MR) is 100 cm³/mol. The number of likely N-dealkylation sites (N-methyl/N-ethyl adjacent to an activating group) is 1. The van der Waals surface area contributed by atoms with Gasteiger partial charge in [0.2, 0.25) is 0 Å². The van der Waals surface area contributed by atoms with E-state index < -0.39 is 28.6 Å². The molecule has 0 fully saturated rings. The molecule has 0 spiro atoms. The average molecular weight is 365 g/mol. The van der Waals surface area contributed by atoms with Crippen LogP contribution in [-0.4, -0.2) is 46.9 Å². The summed E-state index contributed by atoms with van der Waals surface area (Å²) in [5, 5.41) is 10.1. The summed E-state index contributed by atoms with van der Waals surface area (Å²) in [5.41, 5.74) is -2.94. The molecule has 0 radical (unpaired) electrons. The average Bonchev–Trinajstić information content (AvgIpc) is 2.48. The van der Waals surface area contributed by atoms with E-state index in [1.807, 2.05) is 18.2 Å². The number of carbonyl (C=O) groups excluding carboxylic acids is 1. The molecule has 6 nitrogen and oxygen atoms in total. The van der Waals surface area contributed by atoms with E-state index in [0.717, 1.165) is 0 Å². The quantitative estimate of drug-likeness (QED) is 0.818. The number of carboxylic acids is 1. The van der Waals surface area contributed by atoms with Crippen molar-refractivity contribution >= 4 is 12.1 Å². The molecule has 0 aliphatic heterocycles. The van der Waals surface area contributed by atoms with Crippen LogP contribution in [0.15, 0.2) is 30.3 Å². The van der Waals surface area contributed by atoms with Crippen molar-refractivity contribution in [2.45, 2.75) is 59.1 Å². The minimum atomic E-state index is -1.48. The molecule has 0 saturated carbocycles. The minimum Gasteiger partial charge on any atom is -0.493 e. The predicted octanol–water partition coefficient (Wildman–Crippen LogP) is 4.19. The van der Waals surface area contributed by atoms with Crippen LogP contribution >= 0.6 is 0 Å². The number of hydrogen-bond acceptors (Lipinski definition) is 4. The SMILES string of the molecule is CN(C(=O)OC(C)(C)C)[C@](CCOc1ccccc1)(C(=O)O)C(C)(C)C. The van der Waals surface area contributed by atoms with Crippen molar-refractivity contribution in [1.82, 2.24) is 4.90 Å². The molecule has 0 heterocycles. The summed E-state index contributed by atoms with van der Waals surface area (Å²) in [5.74, 6) is -0.435. The first kappa shape index (κ1) is 21.8. The molecule has 0 unspecified atom stereocenters. The Morgan fingerprint density at radius 3 is 2.00 bits per heavy atom. The van der Waals surface area contributed by atoms with Gasteiger partial charge in [-0.3, -0.25) is 4.90 Å². The Bertz CT molecular complexity index is 615. The molecule has 0 aliphatic carbocycles. The highest BCUT2D eigenvalue weighted by atomic mass is 16.6. The van der Waals surface area contributed by atoms with E-state index in [4.69, 9.17) is 9.47 Å². The summed E-state index contributed by atoms with van der Waals surface area (Å²) in [4.78, 5) is 26.1. The molecule has 0 aromatic heterocycles. The molecule has 6 heteroatoms. The van der Waals surface area contributed by atoms with Crippen LogP contribution in [0.1, 0.15) is 48.0 Å². The van der Waals surface area contributed by atoms with Crippen LogP contribution < -0.4 is 4.74 Å². The normalized spacial score (nSPS) is 14.3. The van der Waals surface area contributed by atoms with Crippen molar-refractivity contribution in [3.05, 3.63) is 30.3 Å². The van der Waals surface area contributed by atoms with Gasteiger partial charge in [0.1, 0.15) is 11.4 Å². The number of rotatable bonds is 6. The second-order valence-electron chi connectivity index (χ2n) is 8.37. The van der Waals surface area contributed by atoms with E-state index in [1.54, 1.807) is 53.7 Å². The number of amides is 1. The molecule has 1 amide bonds. The third kappa shape index (κ3) is 5.13. The highest BCUT2D eigenvalue weighted by molar-refractivity contribution is 5.85. The molecule has 146 valence electrons. The Balaban J connectivity index is 3.09. The number of hydrogen-bond donors (Lipinski definition) is 1. The van der Waals surface area contributed by atoms with Crippen molar-refractivity contribution in [3.63, 3.8) is 0 Å². The van der Waals surface area contributed by atoms with Crippen LogP contribution in [0.3, 0.4) is 0 Å². The minimum absolute atomic E-state index is 0.121. The van der Waals surface area contributed by atoms with Gasteiger partial charge in [0.15, 0.2) is 5.54 Å². The maximum absolute atomic E-state index is 12.6. The Hall–Kier alpha value is -2.24. The fourth-order valence-electron chi connectivity index (χ4n) is 2.94. The molecule has 1 aromatic carbocycles. The van der Waals surface area contributed by atoms with Gasteiger partial charge in [-0.2, -0.15) is 0 Å². The van der Waals surface area contributed by atoms with Crippen LogP contribution in [0.4, 0.5) is 4.79 Å². The van der Waals surface area contributed by atoms with E-state index >= 15 is 0 Å². The third-order valence-electron chi connectivity index (χ3n) is 4.31. The molecule has 0 aliphatic rings. The molecule has 1 aromatic rings. The van der Waals surface area contributed by atoms with Crippen LogP contribution in [0, 0.1) is 5.41 Å². The van der Waals surface area contributed by atoms with Gasteiger partial charge >= 0.3 is 12.1 Å². The van der Waals surface area contributed by atoms with Crippen molar-refractivity contribution in [1.29, 1.82) is 0 Å². The van der Waals surface area contributed by atoms with Crippen LogP contribution in [-0.2, 0) is 9.53 Å². The maximum atomic E-state index is 12.6. The van der Waals surface area contributed by atoms with Gasteiger partial charge in [0.25, 0.3) is 0 Å². The van der Waals surface area contributed by atoms with Gasteiger partial charge in [0, 0.05) is 13.5 Å². The number of carboxylic acid groups (broad SMARTS) is 1. The van der Waals surface area contributed by atoms with Crippen LogP contribution in [0.25, 0.3) is 0 Å². The Kier molecular flexibility index (Phi) is 6.69. The van der Waals surface area contributed by atoms with Crippen LogP contribution in [0.5, 0.6) is 5.75 Å². The third-order valence-corrected chi connectivity index (χ3v) is 4.31. The van der Waals surface area contributed by atoms with Gasteiger partial charge in [0.05, 0.1) is 6.61 Å². The smallest absolute Gasteiger partial charge is 0.411 e. The van der Waals surface area contributed by atoms with Crippen molar-refractivity contribution in [2.24, 2.45) is 5.41 Å². The standard InChI is InChI=1S/C20H31NO5/c1-18(2,3)20(16(22)23,21(7)17(24)26-19(4,5)6)13-14-25-15-11-9-8-10-12-15/h8-12H,13-14H2,1-7H3,(H,22,23)/t20-/m1/s1. The zero-order valence-corrected chi connectivity index (χ0v) is 16.8. The number of para-hydroxylation sites is 1. The number of benzene rings is 1. The summed E-state index contributed by atoms with van der Waals surface area (Å²) in [6, 6.07) is 9.17. The molecular formula is C20H31NO5. The molecule has 1 N–H and O–H groups in total. The van der Waals surface area contributed by atoms with E-state index in [2.05, 4.69) is 0 Å². The molecular weight excluding hydrogens is 334 g/mol. The Labute approximate surface area is 156 Å². The fraction of sp³-hybridized carbons (Fsp3) is 0.600. The highest BCUT2D eigenvalue weighted by Gasteiger charge is 2.54. The Morgan fingerprint density at radius 2 is 1.58 bits per heavy atom. The first-order valence-corrected chi connectivity index (χ1v) is 8.69. The van der Waals surface area contributed by atoms with Crippen molar-refractivity contribution in [3.8, 4) is 5.75 Å². The van der Waals surface area contributed by atoms with Crippen molar-refractivity contribution in [2.75, 3.05) is 13.7 Å². The monoisotopic (exact) mass is 365 g/mol. The summed E-state index contributed by atoms with van der Waals surface area (Å²) < 4.78 is 11.1. The summed E-state index contributed by atoms with van der Waals surface area (Å²) in [6.45, 7) is 10.8. The van der Waals surface area contributed by atoms with E-state index in [-0.39, 0.29) is 13.0 Å². The van der Waals surface area contributed by atoms with Gasteiger partial charge in [-0.1, -0.05) is 39.0 Å². The topological polar surface area (TPSA) is 76.1 Å². The van der Waals surface area contributed by atoms with Gasteiger partial charge in [-0.25, -0.2) is 9.59 Å². The molecule has 26 heavy (non-hydrogen) atoms. The second-order valence-corrected chi connectivity index (χ2v) is 8.37. The molecule has 1 atom stereocenters. The summed E-state index contributed by atoms with van der Waals surface area (Å²) in [6.07, 6.45) is -0.550. The van der Waals surface area contributed by atoms with Crippen molar-refractivity contribution < 1.29 is 24.2 Å². The van der Waals surface area contributed by atoms with Gasteiger partial charge < -0.3 is 14.6 Å². The number of ether oxygens (including phenoxy) is 2. The number of carbonyl (C=O) groups is 2. The largest absolute Gasteiger partial charge is 0.493 e. The highest BCUT2D eigenvalue weighted by Crippen LogP contribution is 2.39. The molecule has 0 bridgehead atoms. The lowest BCUT2D eigenvalue weighted by Gasteiger charge is -2.47. The number of aliphatic carboxylic acids is 1. The van der Waals surface area contributed by atoms with E-state index in [1.165, 1.54) is 11.9 Å². The van der Waals surface area contributed by atoms with E-state index in [0.29, 0.717) is 5.75 Å². The number of nitrogens with zero attached hydrogens (tertiary/aromatic N) is 1. The Morgan fingerprint density at radius 1 is 1.04 bits per heavy atom. The lowest BCUT2D eigenvalue weighted by atomic mass is 9.70. The lowest BCUT2D eigenvalue weighted by Crippen LogP contribution is -2.64. The van der Waals surface area contributed by atoms with E-state index in [9.17, 15) is 14.7 Å². The second kappa shape index (κ2) is 7.98.